The highest BCUT2D eigenvalue weighted by atomic mass is 15.2. The topological polar surface area (TPSA) is 78.5 Å². The van der Waals surface area contributed by atoms with Crippen LogP contribution in [-0.4, -0.2) is 32.8 Å². The van der Waals surface area contributed by atoms with E-state index in [1.54, 1.807) is 6.20 Å². The van der Waals surface area contributed by atoms with E-state index in [9.17, 15) is 0 Å². The van der Waals surface area contributed by atoms with Crippen LogP contribution in [0.4, 0.5) is 11.8 Å². The van der Waals surface area contributed by atoms with Crippen LogP contribution in [0.3, 0.4) is 0 Å². The second-order valence-corrected chi connectivity index (χ2v) is 6.31. The zero-order valence-corrected chi connectivity index (χ0v) is 12.3. The van der Waals surface area contributed by atoms with E-state index in [1.165, 1.54) is 19.3 Å². The lowest BCUT2D eigenvalue weighted by atomic mass is 9.92. The van der Waals surface area contributed by atoms with Gasteiger partial charge in [0, 0.05) is 12.6 Å². The molecular formula is C14H22N6. The van der Waals surface area contributed by atoms with E-state index in [0.29, 0.717) is 17.4 Å². The van der Waals surface area contributed by atoms with Gasteiger partial charge >= 0.3 is 0 Å². The van der Waals surface area contributed by atoms with Crippen LogP contribution in [0.5, 0.6) is 0 Å². The molecule has 1 saturated carbocycles. The van der Waals surface area contributed by atoms with Crippen molar-refractivity contribution in [3.63, 3.8) is 0 Å². The molecule has 1 atom stereocenters. The van der Waals surface area contributed by atoms with Crippen LogP contribution in [-0.2, 0) is 0 Å². The largest absolute Gasteiger partial charge is 0.367 e. The number of aromatic nitrogens is 4. The normalized spacial score (nSPS) is 21.2. The fraction of sp³-hybridized carbons (Fsp3) is 0.643. The third-order valence-electron chi connectivity index (χ3n) is 3.95. The predicted octanol–water partition coefficient (Wildman–Crippen LogP) is 2.78. The third-order valence-corrected chi connectivity index (χ3v) is 3.95. The van der Waals surface area contributed by atoms with Crippen molar-refractivity contribution in [2.24, 2.45) is 5.41 Å². The number of hydrogen-bond donors (Lipinski definition) is 3. The zero-order chi connectivity index (χ0) is 14.2. The summed E-state index contributed by atoms with van der Waals surface area (Å²) in [6.07, 6.45) is 5.40. The number of aromatic amines is 1. The van der Waals surface area contributed by atoms with E-state index in [0.717, 1.165) is 23.4 Å². The molecule has 0 aromatic carbocycles. The van der Waals surface area contributed by atoms with Crippen molar-refractivity contribution in [2.75, 3.05) is 17.2 Å². The fourth-order valence-electron chi connectivity index (χ4n) is 2.93. The fourth-order valence-corrected chi connectivity index (χ4v) is 2.93. The molecule has 1 aliphatic rings. The molecule has 0 saturated heterocycles. The number of anilines is 2. The maximum Gasteiger partial charge on any atom is 0.226 e. The van der Waals surface area contributed by atoms with Gasteiger partial charge in [-0.15, -0.1) is 0 Å². The SMILES string of the molecule is CCNc1nc(NC2CCC(C)(C)C2)c2cn[nH]c2n1. The first-order valence-corrected chi connectivity index (χ1v) is 7.29. The first kappa shape index (κ1) is 13.1. The van der Waals surface area contributed by atoms with Gasteiger partial charge in [0.15, 0.2) is 5.65 Å². The molecule has 1 unspecified atom stereocenters. The highest BCUT2D eigenvalue weighted by Gasteiger charge is 2.31. The molecular weight excluding hydrogens is 252 g/mol. The van der Waals surface area contributed by atoms with Gasteiger partial charge in [-0.1, -0.05) is 13.8 Å². The van der Waals surface area contributed by atoms with Crippen molar-refractivity contribution in [3.05, 3.63) is 6.20 Å². The van der Waals surface area contributed by atoms with Gasteiger partial charge in [-0.2, -0.15) is 15.1 Å². The number of hydrogen-bond acceptors (Lipinski definition) is 5. The molecule has 2 heterocycles. The van der Waals surface area contributed by atoms with Gasteiger partial charge in [-0.05, 0) is 31.6 Å². The summed E-state index contributed by atoms with van der Waals surface area (Å²) < 4.78 is 0. The van der Waals surface area contributed by atoms with Gasteiger partial charge in [0.25, 0.3) is 0 Å². The van der Waals surface area contributed by atoms with Crippen LogP contribution in [0.25, 0.3) is 11.0 Å². The summed E-state index contributed by atoms with van der Waals surface area (Å²) in [5.74, 6) is 1.52. The van der Waals surface area contributed by atoms with E-state index < -0.39 is 0 Å². The molecule has 6 nitrogen and oxygen atoms in total. The average Bonchev–Trinajstić information content (AvgIpc) is 2.96. The van der Waals surface area contributed by atoms with Gasteiger partial charge in [0.1, 0.15) is 5.82 Å². The average molecular weight is 274 g/mol. The van der Waals surface area contributed by atoms with Gasteiger partial charge < -0.3 is 10.6 Å². The maximum absolute atomic E-state index is 4.58. The van der Waals surface area contributed by atoms with Gasteiger partial charge in [-0.25, -0.2) is 0 Å². The van der Waals surface area contributed by atoms with Crippen molar-refractivity contribution in [1.29, 1.82) is 0 Å². The molecule has 0 radical (unpaired) electrons. The van der Waals surface area contributed by atoms with Crippen molar-refractivity contribution in [3.8, 4) is 0 Å². The monoisotopic (exact) mass is 274 g/mol. The molecule has 0 spiro atoms. The summed E-state index contributed by atoms with van der Waals surface area (Å²) in [6.45, 7) is 7.49. The van der Waals surface area contributed by atoms with Crippen molar-refractivity contribution in [2.45, 2.75) is 46.1 Å². The van der Waals surface area contributed by atoms with E-state index in [4.69, 9.17) is 0 Å². The molecule has 2 aromatic rings. The first-order chi connectivity index (χ1) is 9.57. The molecule has 108 valence electrons. The molecule has 0 aliphatic heterocycles. The summed E-state index contributed by atoms with van der Waals surface area (Å²) in [7, 11) is 0. The molecule has 0 amide bonds. The van der Waals surface area contributed by atoms with Crippen LogP contribution in [0.15, 0.2) is 6.20 Å². The minimum absolute atomic E-state index is 0.421. The molecule has 0 bridgehead atoms. The minimum atomic E-state index is 0.421. The zero-order valence-electron chi connectivity index (χ0n) is 12.3. The Morgan fingerprint density at radius 2 is 2.25 bits per heavy atom. The third kappa shape index (κ3) is 2.55. The lowest BCUT2D eigenvalue weighted by Crippen LogP contribution is -2.19. The standard InChI is InChI=1S/C14H22N6/c1-4-15-13-18-11(10-8-16-20-12(10)19-13)17-9-5-6-14(2,3)7-9/h8-9H,4-7H2,1-3H3,(H3,15,16,17,18,19,20). The van der Waals surface area contributed by atoms with Crippen LogP contribution < -0.4 is 10.6 Å². The van der Waals surface area contributed by atoms with Gasteiger partial charge in [-0.3, -0.25) is 5.10 Å². The summed E-state index contributed by atoms with van der Waals surface area (Å²) in [5.41, 5.74) is 1.20. The highest BCUT2D eigenvalue weighted by molar-refractivity contribution is 5.87. The van der Waals surface area contributed by atoms with Gasteiger partial charge in [0.2, 0.25) is 5.95 Å². The Bertz CT molecular complexity index is 603. The Morgan fingerprint density at radius 1 is 1.40 bits per heavy atom. The molecule has 2 aromatic heterocycles. The van der Waals surface area contributed by atoms with E-state index in [2.05, 4.69) is 44.6 Å². The smallest absolute Gasteiger partial charge is 0.226 e. The van der Waals surface area contributed by atoms with Crippen LogP contribution in [0.2, 0.25) is 0 Å². The minimum Gasteiger partial charge on any atom is -0.367 e. The Labute approximate surface area is 118 Å². The molecule has 1 aliphatic carbocycles. The maximum atomic E-state index is 4.58. The summed E-state index contributed by atoms with van der Waals surface area (Å²) >= 11 is 0. The quantitative estimate of drug-likeness (QED) is 0.799. The molecule has 20 heavy (non-hydrogen) atoms. The Hall–Kier alpha value is -1.85. The lowest BCUT2D eigenvalue weighted by molar-refractivity contribution is 0.378. The number of nitrogens with zero attached hydrogens (tertiary/aromatic N) is 3. The Kier molecular flexibility index (Phi) is 3.23. The van der Waals surface area contributed by atoms with Crippen molar-refractivity contribution >= 4 is 22.8 Å². The van der Waals surface area contributed by atoms with E-state index in [1.807, 2.05) is 6.92 Å². The summed E-state index contributed by atoms with van der Waals surface area (Å²) in [4.78, 5) is 8.99. The number of H-pyrrole nitrogens is 1. The van der Waals surface area contributed by atoms with Crippen LogP contribution in [0, 0.1) is 5.41 Å². The predicted molar refractivity (Wildman–Crippen MR) is 80.9 cm³/mol. The lowest BCUT2D eigenvalue weighted by Gasteiger charge is -2.18. The van der Waals surface area contributed by atoms with Crippen molar-refractivity contribution in [1.82, 2.24) is 20.2 Å². The Balaban J connectivity index is 1.88. The van der Waals surface area contributed by atoms with E-state index in [-0.39, 0.29) is 0 Å². The first-order valence-electron chi connectivity index (χ1n) is 7.29. The highest BCUT2D eigenvalue weighted by Crippen LogP contribution is 2.38. The molecule has 3 rings (SSSR count). The second kappa shape index (κ2) is 4.92. The van der Waals surface area contributed by atoms with Gasteiger partial charge in [0.05, 0.1) is 11.6 Å². The summed E-state index contributed by atoms with van der Waals surface area (Å²) in [6, 6.07) is 0.479. The number of fused-ring (bicyclic) bond motifs is 1. The molecule has 3 N–H and O–H groups in total. The van der Waals surface area contributed by atoms with Crippen molar-refractivity contribution < 1.29 is 0 Å². The Morgan fingerprint density at radius 3 is 2.95 bits per heavy atom. The van der Waals surface area contributed by atoms with Crippen LogP contribution in [0.1, 0.15) is 40.0 Å². The number of nitrogens with one attached hydrogen (secondary N) is 3. The molecule has 6 heteroatoms. The molecule has 1 fully saturated rings. The second-order valence-electron chi connectivity index (χ2n) is 6.31. The number of rotatable bonds is 4. The summed E-state index contributed by atoms with van der Waals surface area (Å²) in [5, 5.41) is 14.7. The van der Waals surface area contributed by atoms with E-state index >= 15 is 0 Å². The van der Waals surface area contributed by atoms with Crippen LogP contribution >= 0.6 is 0 Å².